The number of thiophene rings is 1. The number of furan rings is 1. The number of rotatable bonds is 3. The quantitative estimate of drug-likeness (QED) is 0.164. The van der Waals surface area contributed by atoms with Gasteiger partial charge in [-0.15, -0.1) is 11.3 Å². The lowest BCUT2D eigenvalue weighted by molar-refractivity contribution is 0.673. The van der Waals surface area contributed by atoms with Crippen LogP contribution < -0.4 is 0 Å². The van der Waals surface area contributed by atoms with E-state index in [1.165, 1.54) is 102 Å². The molecular formula is C56H32OS. The average molecular weight is 753 g/mol. The van der Waals surface area contributed by atoms with Crippen molar-refractivity contribution in [1.82, 2.24) is 0 Å². The molecule has 1 nitrogen and oxygen atoms in total. The Bertz CT molecular complexity index is 3800. The van der Waals surface area contributed by atoms with Gasteiger partial charge in [-0.2, -0.15) is 0 Å². The van der Waals surface area contributed by atoms with Crippen LogP contribution in [0.4, 0.5) is 0 Å². The van der Waals surface area contributed by atoms with E-state index in [1.807, 2.05) is 11.3 Å². The summed E-state index contributed by atoms with van der Waals surface area (Å²) < 4.78 is 9.27. The highest BCUT2D eigenvalue weighted by molar-refractivity contribution is 7.25. The van der Waals surface area contributed by atoms with Crippen molar-refractivity contribution in [3.63, 3.8) is 0 Å². The number of fused-ring (bicyclic) bond motifs is 12. The van der Waals surface area contributed by atoms with Crippen molar-refractivity contribution in [2.45, 2.75) is 0 Å². The minimum atomic E-state index is 0.915. The topological polar surface area (TPSA) is 13.1 Å². The van der Waals surface area contributed by atoms with E-state index in [4.69, 9.17) is 4.42 Å². The number of para-hydroxylation sites is 1. The number of hydrogen-bond donors (Lipinski definition) is 0. The molecular weight excluding hydrogens is 721 g/mol. The number of benzene rings is 11. The molecule has 0 saturated heterocycles. The minimum absolute atomic E-state index is 0.915. The Morgan fingerprint density at radius 3 is 1.52 bits per heavy atom. The van der Waals surface area contributed by atoms with E-state index in [1.54, 1.807) is 0 Å². The van der Waals surface area contributed by atoms with Gasteiger partial charge in [-0.3, -0.25) is 0 Å². The Balaban J connectivity index is 1.13. The molecule has 0 aliphatic heterocycles. The highest BCUT2D eigenvalue weighted by Crippen LogP contribution is 2.50. The van der Waals surface area contributed by atoms with Crippen molar-refractivity contribution in [2.75, 3.05) is 0 Å². The molecule has 2 aromatic heterocycles. The molecule has 0 aliphatic rings. The van der Waals surface area contributed by atoms with Gasteiger partial charge in [0.15, 0.2) is 0 Å². The molecule has 2 heteroatoms. The molecule has 0 fully saturated rings. The fourth-order valence-corrected chi connectivity index (χ4v) is 11.1. The van der Waals surface area contributed by atoms with Gasteiger partial charge < -0.3 is 4.42 Å². The van der Waals surface area contributed by atoms with Gasteiger partial charge in [-0.05, 0) is 112 Å². The normalized spacial score (nSPS) is 12.1. The van der Waals surface area contributed by atoms with Crippen LogP contribution >= 0.6 is 11.3 Å². The summed E-state index contributed by atoms with van der Waals surface area (Å²) in [7, 11) is 0. The molecule has 0 atom stereocenters. The Labute approximate surface area is 337 Å². The molecule has 13 aromatic rings. The molecule has 58 heavy (non-hydrogen) atoms. The monoisotopic (exact) mass is 752 g/mol. The standard InChI is InChI=1S/C56H32OS/c1-2-16-34-33(14-1)15-13-25-40(34)54-41-21-5-7-23-43(41)55(44-24-8-6-22-42(44)54)45-29-28-37(35-17-3-4-18-36(35)45)46-31-49-38-19-9-11-26-51(38)57-56(49)50-32-53-48(30-47(46)50)39-20-10-12-27-52(39)58-53/h1-32H. The van der Waals surface area contributed by atoms with Gasteiger partial charge in [-0.1, -0.05) is 164 Å². The van der Waals surface area contributed by atoms with Gasteiger partial charge >= 0.3 is 0 Å². The second-order valence-electron chi connectivity index (χ2n) is 15.5. The van der Waals surface area contributed by atoms with Crippen molar-refractivity contribution in [1.29, 1.82) is 0 Å². The maximum absolute atomic E-state index is 6.70. The van der Waals surface area contributed by atoms with Crippen molar-refractivity contribution >= 4 is 107 Å². The van der Waals surface area contributed by atoms with Crippen LogP contribution in [0.15, 0.2) is 199 Å². The molecule has 0 bridgehead atoms. The van der Waals surface area contributed by atoms with Gasteiger partial charge in [0.1, 0.15) is 11.2 Å². The summed E-state index contributed by atoms with van der Waals surface area (Å²) in [5.74, 6) is 0. The van der Waals surface area contributed by atoms with Gasteiger partial charge in [-0.25, -0.2) is 0 Å². The zero-order chi connectivity index (χ0) is 37.9. The Morgan fingerprint density at radius 1 is 0.276 bits per heavy atom. The first-order valence-electron chi connectivity index (χ1n) is 19.9. The van der Waals surface area contributed by atoms with E-state index in [0.29, 0.717) is 0 Å². The molecule has 2 heterocycles. The van der Waals surface area contributed by atoms with Crippen LogP contribution in [0.25, 0.3) is 129 Å². The third-order valence-corrected chi connectivity index (χ3v) is 13.6. The SMILES string of the molecule is c1ccc2c(-c3c4ccccc4c(-c4ccc(-c5cc6c7ccccc7oc6c6cc7sc8ccccc8c7cc56)c5ccccc45)c4ccccc34)cccc2c1. The van der Waals surface area contributed by atoms with E-state index >= 15 is 0 Å². The summed E-state index contributed by atoms with van der Waals surface area (Å²) in [6, 6.07) is 71.6. The van der Waals surface area contributed by atoms with E-state index in [2.05, 4.69) is 194 Å². The largest absolute Gasteiger partial charge is 0.455 e. The van der Waals surface area contributed by atoms with Crippen LogP contribution in [0, 0.1) is 0 Å². The first-order valence-corrected chi connectivity index (χ1v) is 20.7. The van der Waals surface area contributed by atoms with E-state index < -0.39 is 0 Å². The van der Waals surface area contributed by atoms with Crippen LogP contribution in [-0.4, -0.2) is 0 Å². The number of hydrogen-bond acceptors (Lipinski definition) is 2. The highest BCUT2D eigenvalue weighted by Gasteiger charge is 2.22. The van der Waals surface area contributed by atoms with Gasteiger partial charge in [0.25, 0.3) is 0 Å². The molecule has 13 rings (SSSR count). The minimum Gasteiger partial charge on any atom is -0.455 e. The summed E-state index contributed by atoms with van der Waals surface area (Å²) in [5.41, 5.74) is 9.35. The molecule has 0 radical (unpaired) electrons. The van der Waals surface area contributed by atoms with Crippen molar-refractivity contribution in [2.24, 2.45) is 0 Å². The van der Waals surface area contributed by atoms with Gasteiger partial charge in [0.2, 0.25) is 0 Å². The molecule has 0 aliphatic carbocycles. The maximum Gasteiger partial charge on any atom is 0.143 e. The highest BCUT2D eigenvalue weighted by atomic mass is 32.1. The molecule has 0 amide bonds. The fraction of sp³-hybridized carbons (Fsp3) is 0. The van der Waals surface area contributed by atoms with E-state index in [9.17, 15) is 0 Å². The van der Waals surface area contributed by atoms with Gasteiger partial charge in [0, 0.05) is 36.3 Å². The Morgan fingerprint density at radius 2 is 0.793 bits per heavy atom. The summed E-state index contributed by atoms with van der Waals surface area (Å²) in [5, 5.41) is 17.2. The maximum atomic E-state index is 6.70. The second kappa shape index (κ2) is 12.1. The zero-order valence-corrected chi connectivity index (χ0v) is 32.1. The van der Waals surface area contributed by atoms with Crippen molar-refractivity contribution < 1.29 is 4.42 Å². The molecule has 0 unspecified atom stereocenters. The predicted octanol–water partition coefficient (Wildman–Crippen LogP) is 16.7. The first kappa shape index (κ1) is 31.9. The summed E-state index contributed by atoms with van der Waals surface area (Å²) in [4.78, 5) is 0. The predicted molar refractivity (Wildman–Crippen MR) is 250 cm³/mol. The molecule has 0 spiro atoms. The lowest BCUT2D eigenvalue weighted by atomic mass is 9.82. The Hall–Kier alpha value is -7.26. The van der Waals surface area contributed by atoms with Crippen LogP contribution in [0.1, 0.15) is 0 Å². The van der Waals surface area contributed by atoms with Crippen molar-refractivity contribution in [3.05, 3.63) is 194 Å². The molecule has 268 valence electrons. The van der Waals surface area contributed by atoms with Crippen LogP contribution in [-0.2, 0) is 0 Å². The summed E-state index contributed by atoms with van der Waals surface area (Å²) >= 11 is 1.86. The summed E-state index contributed by atoms with van der Waals surface area (Å²) in [6.45, 7) is 0. The van der Waals surface area contributed by atoms with Crippen LogP contribution in [0.3, 0.4) is 0 Å². The molecule has 0 N–H and O–H groups in total. The fourth-order valence-electron chi connectivity index (χ4n) is 9.94. The third kappa shape index (κ3) is 4.46. The smallest absolute Gasteiger partial charge is 0.143 e. The summed E-state index contributed by atoms with van der Waals surface area (Å²) in [6.07, 6.45) is 0. The van der Waals surface area contributed by atoms with Gasteiger partial charge in [0.05, 0.1) is 0 Å². The van der Waals surface area contributed by atoms with Crippen molar-refractivity contribution in [3.8, 4) is 33.4 Å². The van der Waals surface area contributed by atoms with E-state index in [0.717, 1.165) is 27.3 Å². The van der Waals surface area contributed by atoms with Crippen LogP contribution in [0.5, 0.6) is 0 Å². The second-order valence-corrected chi connectivity index (χ2v) is 16.5. The van der Waals surface area contributed by atoms with E-state index in [-0.39, 0.29) is 0 Å². The average Bonchev–Trinajstić information content (AvgIpc) is 3.85. The lowest BCUT2D eigenvalue weighted by Crippen LogP contribution is -1.93. The molecule has 11 aromatic carbocycles. The third-order valence-electron chi connectivity index (χ3n) is 12.4. The first-order chi connectivity index (χ1) is 28.8. The zero-order valence-electron chi connectivity index (χ0n) is 31.3. The molecule has 0 saturated carbocycles. The lowest BCUT2D eigenvalue weighted by Gasteiger charge is -2.20. The van der Waals surface area contributed by atoms with Crippen LogP contribution in [0.2, 0.25) is 0 Å². The Kier molecular flexibility index (Phi) is 6.66.